The highest BCUT2D eigenvalue weighted by Crippen LogP contribution is 2.32. The summed E-state index contributed by atoms with van der Waals surface area (Å²) in [6, 6.07) is 19.5. The van der Waals surface area contributed by atoms with E-state index in [1.807, 2.05) is 0 Å². The van der Waals surface area contributed by atoms with Crippen LogP contribution >= 0.6 is 12.4 Å². The Morgan fingerprint density at radius 1 is 0.970 bits per heavy atom. The average Bonchev–Trinajstić information content (AvgIpc) is 2.78. The molecule has 1 heterocycles. The molecule has 0 saturated carbocycles. The highest BCUT2D eigenvalue weighted by Gasteiger charge is 2.25. The summed E-state index contributed by atoms with van der Waals surface area (Å²) in [5, 5.41) is 8.75. The summed E-state index contributed by atoms with van der Waals surface area (Å²) in [5.41, 5.74) is 3.90. The van der Waals surface area contributed by atoms with E-state index in [2.05, 4.69) is 80.3 Å². The molecule has 1 N–H and O–H groups in total. The molecular formula is C28H40ClNO3. The molecule has 1 saturated heterocycles. The van der Waals surface area contributed by atoms with Gasteiger partial charge in [0.1, 0.15) is 6.10 Å². The van der Waals surface area contributed by atoms with Crippen LogP contribution in [0.4, 0.5) is 0 Å². The molecule has 1 fully saturated rings. The number of carbonyl (C=O) groups is 1. The number of ether oxygens (including phenoxy) is 1. The maximum absolute atomic E-state index is 10.6. The Hall–Kier alpha value is -1.88. The van der Waals surface area contributed by atoms with Gasteiger partial charge in [0.25, 0.3) is 0 Å². The van der Waals surface area contributed by atoms with E-state index in [-0.39, 0.29) is 36.5 Å². The van der Waals surface area contributed by atoms with Gasteiger partial charge in [-0.25, -0.2) is 0 Å². The molecule has 1 aliphatic heterocycles. The second-order valence-electron chi connectivity index (χ2n) is 10.0. The lowest BCUT2D eigenvalue weighted by Gasteiger charge is -2.34. The second-order valence-corrected chi connectivity index (χ2v) is 10.0. The Labute approximate surface area is 205 Å². The van der Waals surface area contributed by atoms with Crippen LogP contribution in [0.25, 0.3) is 0 Å². The van der Waals surface area contributed by atoms with Crippen molar-refractivity contribution in [3.8, 4) is 0 Å². The average molecular weight is 474 g/mol. The van der Waals surface area contributed by atoms with Crippen molar-refractivity contribution in [3.05, 3.63) is 71.3 Å². The summed E-state index contributed by atoms with van der Waals surface area (Å²) >= 11 is 0. The van der Waals surface area contributed by atoms with Crippen molar-refractivity contribution in [1.82, 2.24) is 4.90 Å². The number of carboxylic acid groups (broad SMARTS) is 1. The van der Waals surface area contributed by atoms with Crippen molar-refractivity contribution in [1.29, 1.82) is 0 Å². The monoisotopic (exact) mass is 473 g/mol. The normalized spacial score (nSPS) is 16.2. The zero-order chi connectivity index (χ0) is 23.0. The molecule has 0 aliphatic carbocycles. The summed E-state index contributed by atoms with van der Waals surface area (Å²) in [6.07, 6.45) is 5.42. The Balaban J connectivity index is 0.00000385. The molecular weight excluding hydrogens is 434 g/mol. The number of likely N-dealkylation sites (tertiary alicyclic amines) is 1. The molecule has 1 atom stereocenters. The minimum absolute atomic E-state index is 0. The highest BCUT2D eigenvalue weighted by atomic mass is 35.5. The van der Waals surface area contributed by atoms with E-state index in [4.69, 9.17) is 9.84 Å². The Morgan fingerprint density at radius 3 is 2.15 bits per heavy atom. The molecule has 33 heavy (non-hydrogen) atoms. The van der Waals surface area contributed by atoms with E-state index in [1.165, 1.54) is 16.7 Å². The number of carboxylic acids is 1. The van der Waals surface area contributed by atoms with E-state index >= 15 is 0 Å². The predicted octanol–water partition coefficient (Wildman–Crippen LogP) is 6.62. The third-order valence-electron chi connectivity index (χ3n) is 6.41. The number of hydrogen-bond donors (Lipinski definition) is 1. The van der Waals surface area contributed by atoms with E-state index < -0.39 is 5.97 Å². The quantitative estimate of drug-likeness (QED) is 0.394. The van der Waals surface area contributed by atoms with Crippen molar-refractivity contribution in [3.63, 3.8) is 0 Å². The predicted molar refractivity (Wildman–Crippen MR) is 137 cm³/mol. The first-order valence-corrected chi connectivity index (χ1v) is 12.1. The van der Waals surface area contributed by atoms with Gasteiger partial charge in [-0.15, -0.1) is 12.4 Å². The minimum atomic E-state index is -0.691. The number of aliphatic carboxylic acids is 1. The number of rotatable bonds is 10. The van der Waals surface area contributed by atoms with Crippen LogP contribution in [0.1, 0.15) is 82.1 Å². The van der Waals surface area contributed by atoms with Gasteiger partial charge in [0.2, 0.25) is 0 Å². The summed E-state index contributed by atoms with van der Waals surface area (Å²) < 4.78 is 6.71. The third-order valence-corrected chi connectivity index (χ3v) is 6.41. The SMILES string of the molecule is CC(C)(C)c1ccc(C(OC2CCN(CCCCCC(=O)O)CC2)c2ccccc2)cc1.Cl. The Morgan fingerprint density at radius 2 is 1.58 bits per heavy atom. The van der Waals surface area contributed by atoms with Gasteiger partial charge in [-0.05, 0) is 54.3 Å². The molecule has 0 spiro atoms. The van der Waals surface area contributed by atoms with Gasteiger partial charge in [-0.3, -0.25) is 4.79 Å². The van der Waals surface area contributed by atoms with E-state index in [9.17, 15) is 4.79 Å². The molecule has 0 radical (unpaired) electrons. The maximum atomic E-state index is 10.6. The molecule has 0 bridgehead atoms. The van der Waals surface area contributed by atoms with Crippen molar-refractivity contribution in [2.24, 2.45) is 0 Å². The smallest absolute Gasteiger partial charge is 0.303 e. The van der Waals surface area contributed by atoms with Crippen LogP contribution in [0.5, 0.6) is 0 Å². The van der Waals surface area contributed by atoms with Crippen LogP contribution < -0.4 is 0 Å². The fraction of sp³-hybridized carbons (Fsp3) is 0.536. The standard InChI is InChI=1S/C28H39NO3.ClH/c1-28(2,3)24-15-13-23(14-16-24)27(22-10-6-4-7-11-22)32-25-17-20-29(21-18-25)19-9-5-8-12-26(30)31;/h4,6-7,10-11,13-16,25,27H,5,8-9,12,17-21H2,1-3H3,(H,30,31);1H. The number of benzene rings is 2. The third kappa shape index (κ3) is 8.77. The van der Waals surface area contributed by atoms with Gasteiger partial charge >= 0.3 is 5.97 Å². The molecule has 1 aliphatic rings. The number of unbranched alkanes of at least 4 members (excludes halogenated alkanes) is 2. The first-order valence-electron chi connectivity index (χ1n) is 12.1. The van der Waals surface area contributed by atoms with Crippen LogP contribution in [0, 0.1) is 0 Å². The summed E-state index contributed by atoms with van der Waals surface area (Å²) in [4.78, 5) is 13.1. The van der Waals surface area contributed by atoms with Gasteiger partial charge < -0.3 is 14.7 Å². The van der Waals surface area contributed by atoms with Crippen LogP contribution in [-0.2, 0) is 14.9 Å². The lowest BCUT2D eigenvalue weighted by Crippen LogP contribution is -2.38. The number of hydrogen-bond acceptors (Lipinski definition) is 3. The van der Waals surface area contributed by atoms with Gasteiger partial charge in [-0.2, -0.15) is 0 Å². The second kappa shape index (κ2) is 13.1. The Kier molecular flexibility index (Phi) is 10.9. The first-order chi connectivity index (χ1) is 15.3. The van der Waals surface area contributed by atoms with Crippen LogP contribution in [0.15, 0.2) is 54.6 Å². The minimum Gasteiger partial charge on any atom is -0.481 e. The Bertz CT molecular complexity index is 824. The van der Waals surface area contributed by atoms with Crippen molar-refractivity contribution in [2.75, 3.05) is 19.6 Å². The van der Waals surface area contributed by atoms with Crippen molar-refractivity contribution in [2.45, 2.75) is 76.9 Å². The van der Waals surface area contributed by atoms with Crippen LogP contribution in [-0.4, -0.2) is 41.7 Å². The molecule has 1 unspecified atom stereocenters. The van der Waals surface area contributed by atoms with Gasteiger partial charge in [0, 0.05) is 19.5 Å². The number of nitrogens with zero attached hydrogens (tertiary/aromatic N) is 1. The maximum Gasteiger partial charge on any atom is 0.303 e. The van der Waals surface area contributed by atoms with E-state index in [0.717, 1.165) is 51.7 Å². The van der Waals surface area contributed by atoms with Gasteiger partial charge in [-0.1, -0.05) is 81.8 Å². The highest BCUT2D eigenvalue weighted by molar-refractivity contribution is 5.85. The number of piperidine rings is 1. The van der Waals surface area contributed by atoms with Crippen molar-refractivity contribution < 1.29 is 14.6 Å². The largest absolute Gasteiger partial charge is 0.481 e. The lowest BCUT2D eigenvalue weighted by molar-refractivity contribution is -0.137. The van der Waals surface area contributed by atoms with E-state index in [0.29, 0.717) is 0 Å². The molecule has 4 nitrogen and oxygen atoms in total. The van der Waals surface area contributed by atoms with Gasteiger partial charge in [0.05, 0.1) is 6.10 Å². The molecule has 3 rings (SSSR count). The zero-order valence-electron chi connectivity index (χ0n) is 20.3. The van der Waals surface area contributed by atoms with Crippen LogP contribution in [0.2, 0.25) is 0 Å². The molecule has 5 heteroatoms. The summed E-state index contributed by atoms with van der Waals surface area (Å²) in [7, 11) is 0. The molecule has 0 amide bonds. The topological polar surface area (TPSA) is 49.8 Å². The lowest BCUT2D eigenvalue weighted by atomic mass is 9.86. The summed E-state index contributed by atoms with van der Waals surface area (Å²) in [6.45, 7) is 9.89. The first kappa shape index (κ1) is 27.4. The summed E-state index contributed by atoms with van der Waals surface area (Å²) in [5.74, 6) is -0.691. The fourth-order valence-electron chi connectivity index (χ4n) is 4.39. The van der Waals surface area contributed by atoms with Gasteiger partial charge in [0.15, 0.2) is 0 Å². The molecule has 2 aromatic carbocycles. The number of halogens is 1. The molecule has 2 aromatic rings. The van der Waals surface area contributed by atoms with Crippen LogP contribution in [0.3, 0.4) is 0 Å². The van der Waals surface area contributed by atoms with E-state index in [1.54, 1.807) is 0 Å². The molecule has 0 aromatic heterocycles. The molecule has 182 valence electrons. The fourth-order valence-corrected chi connectivity index (χ4v) is 4.39. The van der Waals surface area contributed by atoms with Crippen molar-refractivity contribution >= 4 is 18.4 Å². The zero-order valence-corrected chi connectivity index (χ0v) is 21.2.